The van der Waals surface area contributed by atoms with Crippen LogP contribution in [0.5, 0.6) is 0 Å². The van der Waals surface area contributed by atoms with Crippen LogP contribution in [0.4, 0.5) is 5.13 Å². The fourth-order valence-electron chi connectivity index (χ4n) is 1.38. The molecule has 2 rings (SSSR count). The van der Waals surface area contributed by atoms with Crippen molar-refractivity contribution in [2.75, 3.05) is 12.4 Å². The van der Waals surface area contributed by atoms with Crippen LogP contribution >= 0.6 is 11.5 Å². The predicted octanol–water partition coefficient (Wildman–Crippen LogP) is 1.28. The Balaban J connectivity index is 1.90. The van der Waals surface area contributed by atoms with E-state index in [-0.39, 0.29) is 11.8 Å². The Bertz CT molecular complexity index is 366. The van der Waals surface area contributed by atoms with E-state index in [1.54, 1.807) is 7.11 Å². The Kier molecular flexibility index (Phi) is 2.97. The summed E-state index contributed by atoms with van der Waals surface area (Å²) < 4.78 is 8.94. The van der Waals surface area contributed by atoms with Gasteiger partial charge >= 0.3 is 0 Å². The van der Waals surface area contributed by atoms with Crippen molar-refractivity contribution >= 4 is 22.6 Å². The third-order valence-corrected chi connectivity index (χ3v) is 3.09. The molecule has 1 aliphatic rings. The van der Waals surface area contributed by atoms with Gasteiger partial charge in [-0.1, -0.05) is 6.92 Å². The van der Waals surface area contributed by atoms with Gasteiger partial charge in [0, 0.05) is 24.6 Å². The van der Waals surface area contributed by atoms with Gasteiger partial charge in [0.2, 0.25) is 11.0 Å². The van der Waals surface area contributed by atoms with Gasteiger partial charge in [0.1, 0.15) is 6.61 Å². The highest BCUT2D eigenvalue weighted by molar-refractivity contribution is 7.09. The number of nitrogens with one attached hydrogen (secondary N) is 1. The molecule has 0 bridgehead atoms. The fourth-order valence-corrected chi connectivity index (χ4v) is 1.96. The number of amides is 1. The van der Waals surface area contributed by atoms with Crippen molar-refractivity contribution in [2.24, 2.45) is 11.8 Å². The van der Waals surface area contributed by atoms with Crippen LogP contribution in [0.1, 0.15) is 19.2 Å². The van der Waals surface area contributed by atoms with Crippen molar-refractivity contribution in [1.82, 2.24) is 9.36 Å². The van der Waals surface area contributed by atoms with Gasteiger partial charge in [0.05, 0.1) is 0 Å². The van der Waals surface area contributed by atoms with Crippen molar-refractivity contribution in [2.45, 2.75) is 20.0 Å². The van der Waals surface area contributed by atoms with Crippen LogP contribution in [0.15, 0.2) is 0 Å². The minimum Gasteiger partial charge on any atom is -0.377 e. The van der Waals surface area contributed by atoms with E-state index in [4.69, 9.17) is 4.74 Å². The number of rotatable bonds is 4. The number of carbonyl (C=O) groups excluding carboxylic acids is 1. The molecule has 6 heteroatoms. The maximum Gasteiger partial charge on any atom is 0.229 e. The van der Waals surface area contributed by atoms with Crippen molar-refractivity contribution in [1.29, 1.82) is 0 Å². The third kappa shape index (κ3) is 2.51. The number of carbonyl (C=O) groups is 1. The molecule has 0 radical (unpaired) electrons. The molecule has 1 N–H and O–H groups in total. The highest BCUT2D eigenvalue weighted by Crippen LogP contribution is 2.38. The molecule has 0 aliphatic heterocycles. The summed E-state index contributed by atoms with van der Waals surface area (Å²) in [5.41, 5.74) is 0. The zero-order valence-corrected chi connectivity index (χ0v) is 9.50. The summed E-state index contributed by atoms with van der Waals surface area (Å²) in [5.74, 6) is 1.35. The molecule has 0 saturated heterocycles. The van der Waals surface area contributed by atoms with E-state index < -0.39 is 0 Å². The molecule has 1 aromatic heterocycles. The number of aromatic nitrogens is 2. The predicted molar refractivity (Wildman–Crippen MR) is 56.5 cm³/mol. The SMILES string of the molecule is COCc1nsc(NC(=O)[C@H]2C[C@@H]2C)n1. The molecule has 1 fully saturated rings. The first-order valence-electron chi connectivity index (χ1n) is 4.83. The first-order chi connectivity index (χ1) is 7.20. The number of methoxy groups -OCH3 is 1. The quantitative estimate of drug-likeness (QED) is 0.841. The van der Waals surface area contributed by atoms with Crippen molar-refractivity contribution in [3.05, 3.63) is 5.82 Å². The Hall–Kier alpha value is -1.01. The summed E-state index contributed by atoms with van der Waals surface area (Å²) >= 11 is 1.19. The van der Waals surface area contributed by atoms with Gasteiger partial charge in [-0.25, -0.2) is 4.98 Å². The van der Waals surface area contributed by atoms with E-state index in [0.717, 1.165) is 6.42 Å². The third-order valence-electron chi connectivity index (χ3n) is 2.42. The second kappa shape index (κ2) is 4.24. The minimum absolute atomic E-state index is 0.0580. The Morgan fingerprint density at radius 3 is 3.07 bits per heavy atom. The smallest absolute Gasteiger partial charge is 0.229 e. The average molecular weight is 227 g/mol. The lowest BCUT2D eigenvalue weighted by molar-refractivity contribution is -0.117. The second-order valence-electron chi connectivity index (χ2n) is 3.76. The topological polar surface area (TPSA) is 64.1 Å². The maximum atomic E-state index is 11.5. The molecule has 1 heterocycles. The highest BCUT2D eigenvalue weighted by Gasteiger charge is 2.39. The summed E-state index contributed by atoms with van der Waals surface area (Å²) in [5, 5.41) is 3.32. The van der Waals surface area contributed by atoms with Crippen LogP contribution in [0.2, 0.25) is 0 Å². The molecule has 15 heavy (non-hydrogen) atoms. The van der Waals surface area contributed by atoms with E-state index in [2.05, 4.69) is 21.6 Å². The van der Waals surface area contributed by atoms with Crippen LogP contribution in [0.25, 0.3) is 0 Å². The standard InChI is InChI=1S/C9H13N3O2S/c1-5-3-6(5)8(13)11-9-10-7(4-14-2)12-15-9/h5-6H,3-4H2,1-2H3,(H,10,11,12,13)/t5-,6-/m0/s1. The van der Waals surface area contributed by atoms with Crippen molar-refractivity contribution in [3.8, 4) is 0 Å². The Labute approximate surface area is 92.0 Å². The zero-order chi connectivity index (χ0) is 10.8. The summed E-state index contributed by atoms with van der Waals surface area (Å²) in [7, 11) is 1.59. The van der Waals surface area contributed by atoms with Crippen LogP contribution in [0, 0.1) is 11.8 Å². The van der Waals surface area contributed by atoms with Gasteiger partial charge in [0.25, 0.3) is 0 Å². The van der Waals surface area contributed by atoms with E-state index in [1.165, 1.54) is 11.5 Å². The van der Waals surface area contributed by atoms with Crippen molar-refractivity contribution in [3.63, 3.8) is 0 Å². The molecule has 1 saturated carbocycles. The second-order valence-corrected chi connectivity index (χ2v) is 4.51. The van der Waals surface area contributed by atoms with E-state index >= 15 is 0 Å². The molecule has 1 amide bonds. The van der Waals surface area contributed by atoms with Crippen LogP contribution in [0.3, 0.4) is 0 Å². The van der Waals surface area contributed by atoms with Crippen LogP contribution < -0.4 is 5.32 Å². The lowest BCUT2D eigenvalue weighted by Gasteiger charge is -1.97. The van der Waals surface area contributed by atoms with Gasteiger partial charge < -0.3 is 10.1 Å². The van der Waals surface area contributed by atoms with Crippen molar-refractivity contribution < 1.29 is 9.53 Å². The Morgan fingerprint density at radius 2 is 2.47 bits per heavy atom. The Morgan fingerprint density at radius 1 is 1.73 bits per heavy atom. The highest BCUT2D eigenvalue weighted by atomic mass is 32.1. The molecular formula is C9H13N3O2S. The molecule has 0 aromatic carbocycles. The van der Waals surface area contributed by atoms with Gasteiger partial charge in [-0.05, 0) is 12.3 Å². The zero-order valence-electron chi connectivity index (χ0n) is 8.69. The molecule has 1 aromatic rings. The molecule has 0 unspecified atom stereocenters. The average Bonchev–Trinajstić information content (AvgIpc) is 2.76. The summed E-state index contributed by atoms with van der Waals surface area (Å²) in [6.45, 7) is 2.45. The molecular weight excluding hydrogens is 214 g/mol. The van der Waals surface area contributed by atoms with Gasteiger partial charge in [-0.2, -0.15) is 4.37 Å². The molecule has 5 nitrogen and oxygen atoms in total. The van der Waals surface area contributed by atoms with Crippen LogP contribution in [-0.2, 0) is 16.1 Å². The normalized spacial score (nSPS) is 23.9. The number of anilines is 1. The fraction of sp³-hybridized carbons (Fsp3) is 0.667. The maximum absolute atomic E-state index is 11.5. The van der Waals surface area contributed by atoms with Gasteiger partial charge in [0.15, 0.2) is 5.82 Å². The number of nitrogens with zero attached hydrogens (tertiary/aromatic N) is 2. The summed E-state index contributed by atoms with van der Waals surface area (Å²) in [6, 6.07) is 0. The first kappa shape index (κ1) is 10.5. The van der Waals surface area contributed by atoms with E-state index in [1.807, 2.05) is 0 Å². The lowest BCUT2D eigenvalue weighted by atomic mass is 10.3. The molecule has 82 valence electrons. The largest absolute Gasteiger partial charge is 0.377 e. The summed E-state index contributed by atoms with van der Waals surface area (Å²) in [4.78, 5) is 15.7. The first-order valence-corrected chi connectivity index (χ1v) is 5.60. The van der Waals surface area contributed by atoms with E-state index in [0.29, 0.717) is 23.5 Å². The number of hydrogen-bond acceptors (Lipinski definition) is 5. The number of ether oxygens (including phenoxy) is 1. The molecule has 1 aliphatic carbocycles. The molecule has 2 atom stereocenters. The van der Waals surface area contributed by atoms with Crippen LogP contribution in [-0.4, -0.2) is 22.4 Å². The van der Waals surface area contributed by atoms with Gasteiger partial charge in [-0.3, -0.25) is 4.79 Å². The van der Waals surface area contributed by atoms with E-state index in [9.17, 15) is 4.79 Å². The minimum atomic E-state index is 0.0580. The lowest BCUT2D eigenvalue weighted by Crippen LogP contribution is -2.14. The summed E-state index contributed by atoms with van der Waals surface area (Å²) in [6.07, 6.45) is 0.982. The number of hydrogen-bond donors (Lipinski definition) is 1. The van der Waals surface area contributed by atoms with Gasteiger partial charge in [-0.15, -0.1) is 0 Å². The monoisotopic (exact) mass is 227 g/mol. The molecule has 0 spiro atoms.